The van der Waals surface area contributed by atoms with E-state index in [0.29, 0.717) is 6.54 Å². The number of hydrogen-bond donors (Lipinski definition) is 2. The lowest BCUT2D eigenvalue weighted by Crippen LogP contribution is -2.31. The second kappa shape index (κ2) is 4.30. The van der Waals surface area contributed by atoms with E-state index in [1.54, 1.807) is 0 Å². The number of urea groups is 1. The standard InChI is InChI=1S/C11H14N2O3/c1-7-4-9-10(16-6-15-9)5-8(7)2-3-13-11(12)14/h4-5H,2-3,6H2,1H3,(H3,12,13,14). The number of primary amides is 1. The van der Waals surface area contributed by atoms with E-state index in [4.69, 9.17) is 15.2 Å². The Bertz CT molecular complexity index is 418. The Hall–Kier alpha value is -1.91. The molecule has 0 aromatic heterocycles. The molecule has 1 aromatic carbocycles. The summed E-state index contributed by atoms with van der Waals surface area (Å²) in [6.45, 7) is 2.80. The molecule has 1 aliphatic heterocycles. The van der Waals surface area contributed by atoms with Crippen molar-refractivity contribution < 1.29 is 14.3 Å². The number of aryl methyl sites for hydroxylation is 1. The van der Waals surface area contributed by atoms with E-state index in [1.165, 1.54) is 0 Å². The first-order valence-electron chi connectivity index (χ1n) is 5.09. The highest BCUT2D eigenvalue weighted by Gasteiger charge is 2.15. The first-order chi connectivity index (χ1) is 7.66. The van der Waals surface area contributed by atoms with Gasteiger partial charge in [0.15, 0.2) is 11.5 Å². The molecule has 0 saturated heterocycles. The summed E-state index contributed by atoms with van der Waals surface area (Å²) in [6.07, 6.45) is 0.728. The summed E-state index contributed by atoms with van der Waals surface area (Å²) in [5.41, 5.74) is 7.23. The molecule has 3 N–H and O–H groups in total. The van der Waals surface area contributed by atoms with E-state index in [2.05, 4.69) is 5.32 Å². The van der Waals surface area contributed by atoms with Crippen LogP contribution >= 0.6 is 0 Å². The molecule has 0 spiro atoms. The molecule has 5 nitrogen and oxygen atoms in total. The van der Waals surface area contributed by atoms with Crippen LogP contribution in [-0.2, 0) is 6.42 Å². The number of hydrogen-bond acceptors (Lipinski definition) is 3. The fraction of sp³-hybridized carbons (Fsp3) is 0.364. The number of carbonyl (C=O) groups is 1. The van der Waals surface area contributed by atoms with Gasteiger partial charge in [-0.15, -0.1) is 0 Å². The predicted octanol–water partition coefficient (Wildman–Crippen LogP) is 0.935. The minimum atomic E-state index is -0.501. The predicted molar refractivity (Wildman–Crippen MR) is 58.6 cm³/mol. The van der Waals surface area contributed by atoms with Gasteiger partial charge < -0.3 is 20.5 Å². The van der Waals surface area contributed by atoms with Crippen molar-refractivity contribution in [3.63, 3.8) is 0 Å². The number of amides is 2. The van der Waals surface area contributed by atoms with Crippen LogP contribution < -0.4 is 20.5 Å². The van der Waals surface area contributed by atoms with Crippen molar-refractivity contribution in [3.8, 4) is 11.5 Å². The number of nitrogens with two attached hydrogens (primary N) is 1. The van der Waals surface area contributed by atoms with Crippen molar-refractivity contribution >= 4 is 6.03 Å². The number of fused-ring (bicyclic) bond motifs is 1. The average Bonchev–Trinajstić information content (AvgIpc) is 2.64. The lowest BCUT2D eigenvalue weighted by atomic mass is 10.0. The molecule has 2 amide bonds. The van der Waals surface area contributed by atoms with Crippen LogP contribution in [0.2, 0.25) is 0 Å². The third kappa shape index (κ3) is 2.18. The molecular formula is C11H14N2O3. The van der Waals surface area contributed by atoms with Crippen LogP contribution in [0.1, 0.15) is 11.1 Å². The SMILES string of the molecule is Cc1cc2c(cc1CCNC(N)=O)OCO2. The summed E-state index contributed by atoms with van der Waals surface area (Å²) >= 11 is 0. The molecule has 0 fully saturated rings. The zero-order chi connectivity index (χ0) is 11.5. The fourth-order valence-electron chi connectivity index (χ4n) is 1.68. The molecule has 1 aliphatic rings. The maximum atomic E-state index is 10.5. The highest BCUT2D eigenvalue weighted by Crippen LogP contribution is 2.34. The maximum absolute atomic E-state index is 10.5. The molecule has 0 aliphatic carbocycles. The van der Waals surface area contributed by atoms with Gasteiger partial charge in [0.05, 0.1) is 0 Å². The van der Waals surface area contributed by atoms with Gasteiger partial charge in [0.2, 0.25) is 6.79 Å². The van der Waals surface area contributed by atoms with Crippen molar-refractivity contribution in [3.05, 3.63) is 23.3 Å². The van der Waals surface area contributed by atoms with Crippen LogP contribution in [0.25, 0.3) is 0 Å². The second-order valence-corrected chi connectivity index (χ2v) is 3.67. The van der Waals surface area contributed by atoms with Crippen LogP contribution in [0.4, 0.5) is 4.79 Å². The van der Waals surface area contributed by atoms with Crippen LogP contribution in [0.3, 0.4) is 0 Å². The molecule has 2 rings (SSSR count). The van der Waals surface area contributed by atoms with Crippen LogP contribution in [0.5, 0.6) is 11.5 Å². The van der Waals surface area contributed by atoms with Gasteiger partial charge in [-0.2, -0.15) is 0 Å². The lowest BCUT2D eigenvalue weighted by molar-refractivity contribution is 0.174. The van der Waals surface area contributed by atoms with Crippen molar-refractivity contribution in [2.75, 3.05) is 13.3 Å². The Morgan fingerprint density at radius 3 is 2.81 bits per heavy atom. The number of ether oxygens (including phenoxy) is 2. The second-order valence-electron chi connectivity index (χ2n) is 3.67. The summed E-state index contributed by atoms with van der Waals surface area (Å²) in [6, 6.07) is 3.39. The number of carbonyl (C=O) groups excluding carboxylic acids is 1. The lowest BCUT2D eigenvalue weighted by Gasteiger charge is -2.07. The molecule has 0 bridgehead atoms. The molecule has 1 heterocycles. The molecule has 0 radical (unpaired) electrons. The molecule has 0 unspecified atom stereocenters. The fourth-order valence-corrected chi connectivity index (χ4v) is 1.68. The molecule has 1 aromatic rings. The zero-order valence-electron chi connectivity index (χ0n) is 9.08. The molecule has 0 saturated carbocycles. The van der Waals surface area contributed by atoms with E-state index >= 15 is 0 Å². The Labute approximate surface area is 93.5 Å². The minimum absolute atomic E-state index is 0.276. The first-order valence-corrected chi connectivity index (χ1v) is 5.09. The third-order valence-electron chi connectivity index (χ3n) is 2.52. The van der Waals surface area contributed by atoms with Gasteiger partial charge in [-0.1, -0.05) is 0 Å². The maximum Gasteiger partial charge on any atom is 0.312 e. The van der Waals surface area contributed by atoms with Gasteiger partial charge in [0, 0.05) is 6.54 Å². The summed E-state index contributed by atoms with van der Waals surface area (Å²) in [4.78, 5) is 10.5. The molecular weight excluding hydrogens is 208 g/mol. The van der Waals surface area contributed by atoms with Gasteiger partial charge >= 0.3 is 6.03 Å². The molecule has 0 atom stereocenters. The third-order valence-corrected chi connectivity index (χ3v) is 2.52. The average molecular weight is 222 g/mol. The Balaban J connectivity index is 2.06. The van der Waals surface area contributed by atoms with E-state index < -0.39 is 6.03 Å². The van der Waals surface area contributed by atoms with Gasteiger partial charge in [-0.3, -0.25) is 0 Å². The van der Waals surface area contributed by atoms with Crippen molar-refractivity contribution in [2.24, 2.45) is 5.73 Å². The normalized spacial score (nSPS) is 12.6. The van der Waals surface area contributed by atoms with Crippen molar-refractivity contribution in [2.45, 2.75) is 13.3 Å². The smallest absolute Gasteiger partial charge is 0.312 e. The molecule has 16 heavy (non-hydrogen) atoms. The van der Waals surface area contributed by atoms with Gasteiger partial charge in [-0.05, 0) is 36.6 Å². The number of rotatable bonds is 3. The Morgan fingerprint density at radius 1 is 1.44 bits per heavy atom. The highest BCUT2D eigenvalue weighted by molar-refractivity contribution is 5.71. The van der Waals surface area contributed by atoms with Crippen molar-refractivity contribution in [1.82, 2.24) is 5.32 Å². The largest absolute Gasteiger partial charge is 0.454 e. The summed E-state index contributed by atoms with van der Waals surface area (Å²) < 4.78 is 10.6. The molecule has 5 heteroatoms. The first kappa shape index (κ1) is 10.6. The highest BCUT2D eigenvalue weighted by atomic mass is 16.7. The van der Waals surface area contributed by atoms with E-state index in [-0.39, 0.29) is 6.79 Å². The van der Waals surface area contributed by atoms with E-state index in [1.807, 2.05) is 19.1 Å². The zero-order valence-corrected chi connectivity index (χ0v) is 9.08. The monoisotopic (exact) mass is 222 g/mol. The number of benzene rings is 1. The van der Waals surface area contributed by atoms with Crippen LogP contribution in [0.15, 0.2) is 12.1 Å². The topological polar surface area (TPSA) is 73.6 Å². The van der Waals surface area contributed by atoms with Crippen LogP contribution in [-0.4, -0.2) is 19.4 Å². The van der Waals surface area contributed by atoms with Crippen LogP contribution in [0, 0.1) is 6.92 Å². The van der Waals surface area contributed by atoms with Gasteiger partial charge in [0.1, 0.15) is 0 Å². The van der Waals surface area contributed by atoms with Gasteiger partial charge in [0.25, 0.3) is 0 Å². The van der Waals surface area contributed by atoms with Crippen molar-refractivity contribution in [1.29, 1.82) is 0 Å². The minimum Gasteiger partial charge on any atom is -0.454 e. The summed E-state index contributed by atoms with van der Waals surface area (Å²) in [5, 5.41) is 2.56. The Morgan fingerprint density at radius 2 is 2.12 bits per heavy atom. The van der Waals surface area contributed by atoms with E-state index in [9.17, 15) is 4.79 Å². The molecule has 86 valence electrons. The van der Waals surface area contributed by atoms with E-state index in [0.717, 1.165) is 29.0 Å². The Kier molecular flexibility index (Phi) is 2.85. The van der Waals surface area contributed by atoms with Gasteiger partial charge in [-0.25, -0.2) is 4.79 Å². The summed E-state index contributed by atoms with van der Waals surface area (Å²) in [5.74, 6) is 1.55. The number of nitrogens with one attached hydrogen (secondary N) is 1. The summed E-state index contributed by atoms with van der Waals surface area (Å²) in [7, 11) is 0. The quantitative estimate of drug-likeness (QED) is 0.799.